The summed E-state index contributed by atoms with van der Waals surface area (Å²) < 4.78 is 4.91. The van der Waals surface area contributed by atoms with Gasteiger partial charge in [-0.05, 0) is 0 Å². The van der Waals surface area contributed by atoms with Gasteiger partial charge in [-0.25, -0.2) is 0 Å². The van der Waals surface area contributed by atoms with E-state index in [1.54, 1.807) is 35.4 Å². The van der Waals surface area contributed by atoms with Gasteiger partial charge in [-0.1, -0.05) is 0 Å². The van der Waals surface area contributed by atoms with Crippen molar-refractivity contribution in [1.82, 2.24) is 0 Å². The van der Waals surface area contributed by atoms with Gasteiger partial charge in [0.15, 0.2) is 0 Å². The Kier molecular flexibility index (Phi) is 7.95. The van der Waals surface area contributed by atoms with Crippen LogP contribution >= 0.6 is 0 Å². The van der Waals surface area contributed by atoms with Gasteiger partial charge in [-0.15, -0.1) is 0 Å². The third kappa shape index (κ3) is 5.00. The SMILES string of the molecule is CCC1(CC2(CC)c3c[c]([Ge]([CH3])([CH3])[CH3])ccc3-c3cc[c]([Ge]([CH3])([CH3])[CH3])cc32)c2cc(C)ccc2-c2cc[c]([Ge]([CH3])([CH3])[CH3])cc21. The fourth-order valence-electron chi connectivity index (χ4n) is 8.41. The molecule has 0 aliphatic heterocycles. The standard InChI is InChI=1S/C41H54Ge3/c1-13-40(36-23-28(3)15-19-32(36)33-20-16-29(24-37(33)40)42(4,5)6)27-41(14-2)38-25-30(43(7,8)9)17-21-34(38)35-22-18-31(26-39(35)41)44(10,11)12/h15-26H,13-14,27H2,1-12H3. The van der Waals surface area contributed by atoms with Gasteiger partial charge in [0.25, 0.3) is 0 Å². The minimum atomic E-state index is -2.07. The Labute approximate surface area is 276 Å². The summed E-state index contributed by atoms with van der Waals surface area (Å²) >= 11 is -6.19. The summed E-state index contributed by atoms with van der Waals surface area (Å²) in [5.41, 5.74) is 13.7. The summed E-state index contributed by atoms with van der Waals surface area (Å²) in [5, 5.41) is 0. The first-order valence-corrected chi connectivity index (χ1v) is 39.1. The normalized spacial score (nSPS) is 18.5. The number of rotatable bonds is 7. The van der Waals surface area contributed by atoms with Gasteiger partial charge < -0.3 is 0 Å². The number of aryl methyl sites for hydroxylation is 1. The average Bonchev–Trinajstić information content (AvgIpc) is 3.38. The predicted molar refractivity (Wildman–Crippen MR) is 204 cm³/mol. The van der Waals surface area contributed by atoms with Crippen molar-refractivity contribution >= 4 is 53.0 Å². The second-order valence-electron chi connectivity index (χ2n) is 17.1. The molecule has 0 heterocycles. The Morgan fingerprint density at radius 1 is 0.432 bits per heavy atom. The Bertz CT molecular complexity index is 1710. The molecule has 0 amide bonds. The van der Waals surface area contributed by atoms with Crippen molar-refractivity contribution in [3.05, 3.63) is 101 Å². The van der Waals surface area contributed by atoms with Gasteiger partial charge >= 0.3 is 279 Å². The number of hydrogen-bond acceptors (Lipinski definition) is 0. The van der Waals surface area contributed by atoms with E-state index in [4.69, 9.17) is 0 Å². The van der Waals surface area contributed by atoms with Gasteiger partial charge in [-0.3, -0.25) is 0 Å². The monoisotopic (exact) mass is 768 g/mol. The Morgan fingerprint density at radius 3 is 1.02 bits per heavy atom. The molecule has 2 aliphatic rings. The number of benzene rings is 4. The van der Waals surface area contributed by atoms with E-state index >= 15 is 0 Å². The van der Waals surface area contributed by atoms with E-state index in [1.807, 2.05) is 0 Å². The number of hydrogen-bond donors (Lipinski definition) is 0. The molecule has 6 rings (SSSR count). The van der Waals surface area contributed by atoms with Crippen molar-refractivity contribution < 1.29 is 0 Å². The molecule has 4 aromatic rings. The summed E-state index contributed by atoms with van der Waals surface area (Å²) in [5.74, 6) is 23.0. The van der Waals surface area contributed by atoms with Crippen molar-refractivity contribution in [2.75, 3.05) is 0 Å². The Balaban J connectivity index is 1.69. The van der Waals surface area contributed by atoms with E-state index < -0.39 is 39.8 Å². The maximum absolute atomic E-state index is 2.70. The van der Waals surface area contributed by atoms with Crippen molar-refractivity contribution in [3.63, 3.8) is 0 Å². The first-order valence-electron chi connectivity index (χ1n) is 17.0. The van der Waals surface area contributed by atoms with E-state index in [0.717, 1.165) is 19.3 Å². The van der Waals surface area contributed by atoms with Crippen LogP contribution in [0, 0.1) is 6.92 Å². The van der Waals surface area contributed by atoms with Crippen LogP contribution in [-0.2, 0) is 10.8 Å². The van der Waals surface area contributed by atoms with Gasteiger partial charge in [0.05, 0.1) is 0 Å². The van der Waals surface area contributed by atoms with Crippen LogP contribution < -0.4 is 13.2 Å². The second-order valence-corrected chi connectivity index (χ2v) is 49.1. The molecule has 0 radical (unpaired) electrons. The maximum atomic E-state index is 2.70. The van der Waals surface area contributed by atoms with Crippen LogP contribution in [0.3, 0.4) is 0 Å². The minimum absolute atomic E-state index is 0.0184. The molecule has 4 aromatic carbocycles. The van der Waals surface area contributed by atoms with Gasteiger partial charge in [0.1, 0.15) is 0 Å². The Morgan fingerprint density at radius 2 is 0.727 bits per heavy atom. The zero-order valence-corrected chi connectivity index (χ0v) is 35.8. The molecule has 0 nitrogen and oxygen atoms in total. The van der Waals surface area contributed by atoms with E-state index in [2.05, 4.69) is 145 Å². The summed E-state index contributed by atoms with van der Waals surface area (Å²) in [6.45, 7) is 7.26. The fraction of sp³-hybridized carbons (Fsp3) is 0.415. The zero-order chi connectivity index (χ0) is 32.0. The van der Waals surface area contributed by atoms with Crippen LogP contribution in [0.2, 0.25) is 51.8 Å². The van der Waals surface area contributed by atoms with Crippen LogP contribution in [-0.4, -0.2) is 39.8 Å². The molecule has 230 valence electrons. The van der Waals surface area contributed by atoms with Gasteiger partial charge in [0.2, 0.25) is 0 Å². The first-order chi connectivity index (χ1) is 20.5. The first kappa shape index (κ1) is 32.4. The molecule has 0 saturated heterocycles. The summed E-state index contributed by atoms with van der Waals surface area (Å²) in [4.78, 5) is 0. The molecule has 0 N–H and O–H groups in total. The molecule has 1 atom stereocenters. The molecule has 1 unspecified atom stereocenters. The van der Waals surface area contributed by atoms with Crippen LogP contribution in [0.4, 0.5) is 0 Å². The van der Waals surface area contributed by atoms with Crippen molar-refractivity contribution in [2.24, 2.45) is 0 Å². The number of fused-ring (bicyclic) bond motifs is 6. The van der Waals surface area contributed by atoms with E-state index in [1.165, 1.54) is 27.8 Å². The molecule has 3 heteroatoms. The molecule has 2 aliphatic carbocycles. The summed E-state index contributed by atoms with van der Waals surface area (Å²) in [6, 6.07) is 30.4. The molecule has 0 bridgehead atoms. The molecule has 0 aromatic heterocycles. The van der Waals surface area contributed by atoms with Crippen molar-refractivity contribution in [3.8, 4) is 22.3 Å². The van der Waals surface area contributed by atoms with Crippen LogP contribution in [0.5, 0.6) is 0 Å². The second kappa shape index (κ2) is 10.8. The molecular formula is C41H54Ge3. The predicted octanol–water partition coefficient (Wildman–Crippen LogP) is 10.1. The molecule has 44 heavy (non-hydrogen) atoms. The van der Waals surface area contributed by atoms with E-state index in [9.17, 15) is 0 Å². The van der Waals surface area contributed by atoms with Crippen LogP contribution in [0.25, 0.3) is 22.3 Å². The van der Waals surface area contributed by atoms with E-state index in [-0.39, 0.29) is 10.8 Å². The van der Waals surface area contributed by atoms with Crippen molar-refractivity contribution in [2.45, 2.75) is 103 Å². The van der Waals surface area contributed by atoms with Crippen LogP contribution in [0.15, 0.2) is 72.8 Å². The quantitative estimate of drug-likeness (QED) is 0.165. The Hall–Kier alpha value is -1.49. The topological polar surface area (TPSA) is 0 Å². The molecular weight excluding hydrogens is 710 g/mol. The fourth-order valence-corrected chi connectivity index (χ4v) is 15.7. The van der Waals surface area contributed by atoms with Crippen molar-refractivity contribution in [1.29, 1.82) is 0 Å². The summed E-state index contributed by atoms with van der Waals surface area (Å²) in [6.07, 6.45) is 3.39. The summed E-state index contributed by atoms with van der Waals surface area (Å²) in [7, 11) is 0. The molecule has 0 spiro atoms. The van der Waals surface area contributed by atoms with Gasteiger partial charge in [0, 0.05) is 0 Å². The van der Waals surface area contributed by atoms with Gasteiger partial charge in [-0.2, -0.15) is 0 Å². The average molecular weight is 765 g/mol. The van der Waals surface area contributed by atoms with E-state index in [0.29, 0.717) is 0 Å². The third-order valence-electron chi connectivity index (χ3n) is 11.3. The molecule has 0 fully saturated rings. The third-order valence-corrected chi connectivity index (χ3v) is 24.1. The molecule has 0 saturated carbocycles. The zero-order valence-electron chi connectivity index (χ0n) is 29.5. The van der Waals surface area contributed by atoms with Crippen LogP contribution in [0.1, 0.15) is 60.9 Å².